The summed E-state index contributed by atoms with van der Waals surface area (Å²) in [5.41, 5.74) is 2.93. The highest BCUT2D eigenvalue weighted by molar-refractivity contribution is 5.85. The van der Waals surface area contributed by atoms with Gasteiger partial charge in [0.15, 0.2) is 0 Å². The first-order chi connectivity index (χ1) is 22.9. The van der Waals surface area contributed by atoms with Crippen molar-refractivity contribution in [3.05, 3.63) is 120 Å². The van der Waals surface area contributed by atoms with E-state index in [9.17, 15) is 9.90 Å². The number of amides is 1. The molecule has 248 valence electrons. The first-order valence-electron chi connectivity index (χ1n) is 16.4. The fourth-order valence-corrected chi connectivity index (χ4v) is 6.26. The molecule has 5 aromatic rings. The number of nitrogens with zero attached hydrogens (tertiary/aromatic N) is 3. The normalized spacial score (nSPS) is 17.6. The van der Waals surface area contributed by atoms with Crippen LogP contribution in [0.25, 0.3) is 22.0 Å². The van der Waals surface area contributed by atoms with Gasteiger partial charge in [0.05, 0.1) is 11.1 Å². The van der Waals surface area contributed by atoms with Crippen molar-refractivity contribution in [3.8, 4) is 22.9 Å². The van der Waals surface area contributed by atoms with Gasteiger partial charge in [0.25, 0.3) is 0 Å². The van der Waals surface area contributed by atoms with Crippen LogP contribution in [-0.2, 0) is 23.6 Å². The Hall–Kier alpha value is -4.95. The molecule has 6 rings (SSSR count). The van der Waals surface area contributed by atoms with Gasteiger partial charge in [-0.05, 0) is 82.0 Å². The molecule has 48 heavy (non-hydrogen) atoms. The number of hydrogen-bond acceptors (Lipinski definition) is 7. The van der Waals surface area contributed by atoms with E-state index in [4.69, 9.17) is 24.2 Å². The molecule has 8 nitrogen and oxygen atoms in total. The molecule has 2 aromatic heterocycles. The molecule has 8 heteroatoms. The highest BCUT2D eigenvalue weighted by Crippen LogP contribution is 2.42. The van der Waals surface area contributed by atoms with E-state index in [1.165, 1.54) is 0 Å². The SMILES string of the molecule is CC(C)(C)OC(=O)N1CCC(O)(c2ccc3ncc(-c4ccc(OCc5ccccc5)nc4OCc4ccccc4)cc3c2)CC1(C)C. The Balaban J connectivity index is 1.28. The van der Waals surface area contributed by atoms with Gasteiger partial charge in [-0.1, -0.05) is 66.7 Å². The van der Waals surface area contributed by atoms with Crippen molar-refractivity contribution >= 4 is 17.0 Å². The molecule has 1 N–H and O–H groups in total. The molecule has 1 aliphatic rings. The molecule has 3 heterocycles. The fourth-order valence-electron chi connectivity index (χ4n) is 6.26. The van der Waals surface area contributed by atoms with Gasteiger partial charge in [-0.3, -0.25) is 4.98 Å². The Labute approximate surface area is 282 Å². The predicted octanol–water partition coefficient (Wildman–Crippen LogP) is 8.45. The highest BCUT2D eigenvalue weighted by Gasteiger charge is 2.47. The van der Waals surface area contributed by atoms with Crippen molar-refractivity contribution in [1.82, 2.24) is 14.9 Å². The zero-order valence-corrected chi connectivity index (χ0v) is 28.3. The fraction of sp³-hybridized carbons (Fsp3) is 0.325. The molecule has 0 bridgehead atoms. The van der Waals surface area contributed by atoms with Crippen molar-refractivity contribution in [3.63, 3.8) is 0 Å². The van der Waals surface area contributed by atoms with Crippen molar-refractivity contribution in [2.45, 2.75) is 77.4 Å². The van der Waals surface area contributed by atoms with E-state index in [2.05, 4.69) is 0 Å². The largest absolute Gasteiger partial charge is 0.473 e. The van der Waals surface area contributed by atoms with Gasteiger partial charge in [0.2, 0.25) is 11.8 Å². The predicted molar refractivity (Wildman–Crippen MR) is 187 cm³/mol. The van der Waals surface area contributed by atoms with E-state index in [-0.39, 0.29) is 6.09 Å². The molecule has 1 atom stereocenters. The number of likely N-dealkylation sites (tertiary alicyclic amines) is 1. The van der Waals surface area contributed by atoms with Crippen molar-refractivity contribution in [2.24, 2.45) is 0 Å². The quantitative estimate of drug-likeness (QED) is 0.181. The Morgan fingerprint density at radius 2 is 1.54 bits per heavy atom. The lowest BCUT2D eigenvalue weighted by molar-refractivity contribution is -0.0829. The van der Waals surface area contributed by atoms with E-state index in [1.54, 1.807) is 4.90 Å². The second-order valence-corrected chi connectivity index (χ2v) is 14.1. The maximum Gasteiger partial charge on any atom is 0.410 e. The first-order valence-corrected chi connectivity index (χ1v) is 16.4. The molecule has 0 aliphatic carbocycles. The third-order valence-electron chi connectivity index (χ3n) is 8.63. The molecule has 0 spiro atoms. The van der Waals surface area contributed by atoms with Gasteiger partial charge < -0.3 is 24.2 Å². The van der Waals surface area contributed by atoms with E-state index in [1.807, 2.05) is 138 Å². The van der Waals surface area contributed by atoms with Crippen molar-refractivity contribution in [1.29, 1.82) is 0 Å². The summed E-state index contributed by atoms with van der Waals surface area (Å²) in [4.78, 5) is 24.2. The minimum atomic E-state index is -1.13. The van der Waals surface area contributed by atoms with Gasteiger partial charge in [-0.25, -0.2) is 4.79 Å². The minimum absolute atomic E-state index is 0.345. The Morgan fingerprint density at radius 3 is 2.19 bits per heavy atom. The molecule has 1 saturated heterocycles. The lowest BCUT2D eigenvalue weighted by Gasteiger charge is -2.49. The van der Waals surface area contributed by atoms with Crippen LogP contribution in [0, 0.1) is 0 Å². The molecule has 1 amide bonds. The summed E-state index contributed by atoms with van der Waals surface area (Å²) < 4.78 is 18.0. The number of aromatic nitrogens is 2. The average Bonchev–Trinajstić information content (AvgIpc) is 3.05. The number of carbonyl (C=O) groups is 1. The summed E-state index contributed by atoms with van der Waals surface area (Å²) in [5, 5.41) is 12.9. The second kappa shape index (κ2) is 13.3. The third kappa shape index (κ3) is 7.60. The number of hydrogen-bond donors (Lipinski definition) is 1. The van der Waals surface area contributed by atoms with E-state index in [0.29, 0.717) is 44.4 Å². The van der Waals surface area contributed by atoms with Crippen molar-refractivity contribution < 1.29 is 24.1 Å². The molecule has 0 radical (unpaired) electrons. The van der Waals surface area contributed by atoms with Crippen LogP contribution in [0.3, 0.4) is 0 Å². The number of carbonyl (C=O) groups excluding carboxylic acids is 1. The van der Waals surface area contributed by atoms with E-state index >= 15 is 0 Å². The molecule has 1 fully saturated rings. The van der Waals surface area contributed by atoms with Crippen LogP contribution in [0.2, 0.25) is 0 Å². The molecule has 1 aliphatic heterocycles. The van der Waals surface area contributed by atoms with Crippen LogP contribution < -0.4 is 9.47 Å². The Morgan fingerprint density at radius 1 is 0.875 bits per heavy atom. The summed E-state index contributed by atoms with van der Waals surface area (Å²) >= 11 is 0. The Bertz CT molecular complexity index is 1890. The summed E-state index contributed by atoms with van der Waals surface area (Å²) in [6.45, 7) is 10.6. The number of aliphatic hydroxyl groups is 1. The molecular weight excluding hydrogens is 602 g/mol. The molecule has 3 aromatic carbocycles. The van der Waals surface area contributed by atoms with Crippen LogP contribution >= 0.6 is 0 Å². The lowest BCUT2D eigenvalue weighted by atomic mass is 9.75. The number of piperidine rings is 1. The second-order valence-electron chi connectivity index (χ2n) is 14.1. The summed E-state index contributed by atoms with van der Waals surface area (Å²) in [5.74, 6) is 0.904. The third-order valence-corrected chi connectivity index (χ3v) is 8.63. The number of ether oxygens (including phenoxy) is 3. The molecule has 0 saturated carbocycles. The number of benzene rings is 3. The van der Waals surface area contributed by atoms with Crippen LogP contribution in [0.1, 0.15) is 64.2 Å². The smallest absolute Gasteiger partial charge is 0.410 e. The van der Waals surface area contributed by atoms with Crippen LogP contribution in [0.15, 0.2) is 103 Å². The van der Waals surface area contributed by atoms with E-state index < -0.39 is 16.7 Å². The van der Waals surface area contributed by atoms with Crippen LogP contribution in [-0.4, -0.2) is 43.8 Å². The van der Waals surface area contributed by atoms with Gasteiger partial charge in [0, 0.05) is 47.3 Å². The summed E-state index contributed by atoms with van der Waals surface area (Å²) in [6.07, 6.45) is 2.21. The zero-order valence-electron chi connectivity index (χ0n) is 28.3. The van der Waals surface area contributed by atoms with Crippen LogP contribution in [0.4, 0.5) is 4.79 Å². The monoisotopic (exact) mass is 645 g/mol. The van der Waals surface area contributed by atoms with Gasteiger partial charge in [-0.2, -0.15) is 4.98 Å². The maximum absolute atomic E-state index is 13.0. The Kier molecular flexibility index (Phi) is 9.12. The number of pyridine rings is 2. The minimum Gasteiger partial charge on any atom is -0.473 e. The summed E-state index contributed by atoms with van der Waals surface area (Å²) in [7, 11) is 0. The van der Waals surface area contributed by atoms with Gasteiger partial charge in [0.1, 0.15) is 18.8 Å². The summed E-state index contributed by atoms with van der Waals surface area (Å²) in [6, 6.07) is 31.6. The zero-order chi connectivity index (χ0) is 33.9. The maximum atomic E-state index is 13.0. The standard InChI is InChI=1S/C40H43N3O5/c1-38(2,3)48-37(44)43-21-20-40(45,27-39(43,4)5)32-16-18-34-30(23-32)22-31(24-41-34)33-17-19-35(46-25-28-12-8-6-9-13-28)42-36(33)47-26-29-14-10-7-11-15-29/h6-19,22-24,45H,20-21,25-27H2,1-5H3. The van der Waals surface area contributed by atoms with Crippen molar-refractivity contribution in [2.75, 3.05) is 6.54 Å². The molecule has 1 unspecified atom stereocenters. The van der Waals surface area contributed by atoms with E-state index in [0.717, 1.165) is 38.7 Å². The first kappa shape index (κ1) is 33.0. The van der Waals surface area contributed by atoms with Crippen LogP contribution in [0.5, 0.6) is 11.8 Å². The number of fused-ring (bicyclic) bond motifs is 1. The molecular formula is C40H43N3O5. The lowest BCUT2D eigenvalue weighted by Crippen LogP contribution is -2.58. The van der Waals surface area contributed by atoms with Gasteiger partial charge >= 0.3 is 6.09 Å². The van der Waals surface area contributed by atoms with Gasteiger partial charge in [-0.15, -0.1) is 0 Å². The topological polar surface area (TPSA) is 94.0 Å². The average molecular weight is 646 g/mol. The highest BCUT2D eigenvalue weighted by atomic mass is 16.6. The number of rotatable bonds is 8.